The van der Waals surface area contributed by atoms with Gasteiger partial charge in [-0.25, -0.2) is 4.79 Å². The second-order valence-electron chi connectivity index (χ2n) is 8.27. The Hall–Kier alpha value is -1.59. The number of urea groups is 1. The summed E-state index contributed by atoms with van der Waals surface area (Å²) in [7, 11) is 0. The van der Waals surface area contributed by atoms with Gasteiger partial charge in [0.05, 0.1) is 18.2 Å². The van der Waals surface area contributed by atoms with E-state index in [0.717, 1.165) is 31.7 Å². The molecule has 1 aromatic rings. The lowest BCUT2D eigenvalue weighted by Gasteiger charge is -2.30. The summed E-state index contributed by atoms with van der Waals surface area (Å²) >= 11 is 0. The van der Waals surface area contributed by atoms with E-state index in [0.29, 0.717) is 12.6 Å². The molecule has 4 rings (SSSR count). The third-order valence-corrected chi connectivity index (χ3v) is 6.25. The van der Waals surface area contributed by atoms with Crippen LogP contribution in [0.25, 0.3) is 0 Å². The number of rotatable bonds is 5. The van der Waals surface area contributed by atoms with E-state index in [1.54, 1.807) is 0 Å². The summed E-state index contributed by atoms with van der Waals surface area (Å²) in [6.45, 7) is 6.25. The fraction of sp³-hybridized carbons (Fsp3) is 0.667. The van der Waals surface area contributed by atoms with Gasteiger partial charge in [0.15, 0.2) is 0 Å². The van der Waals surface area contributed by atoms with E-state index in [1.807, 2.05) is 0 Å². The molecule has 0 aromatic heterocycles. The second kappa shape index (κ2) is 7.97. The minimum Gasteiger partial charge on any atom is -0.373 e. The number of amides is 2. The molecule has 3 unspecified atom stereocenters. The molecule has 0 aliphatic carbocycles. The van der Waals surface area contributed by atoms with E-state index in [-0.39, 0.29) is 18.2 Å². The number of likely N-dealkylation sites (tertiary alicyclic amines) is 1. The van der Waals surface area contributed by atoms with Crippen LogP contribution in [0.15, 0.2) is 24.3 Å². The van der Waals surface area contributed by atoms with Gasteiger partial charge in [-0.1, -0.05) is 31.2 Å². The lowest BCUT2D eigenvalue weighted by molar-refractivity contribution is 0.0981. The molecule has 2 bridgehead atoms. The van der Waals surface area contributed by atoms with Crippen LogP contribution in [0.5, 0.6) is 0 Å². The van der Waals surface area contributed by atoms with Crippen molar-refractivity contribution in [2.24, 2.45) is 5.92 Å². The van der Waals surface area contributed by atoms with Gasteiger partial charge < -0.3 is 15.4 Å². The van der Waals surface area contributed by atoms with E-state index in [1.165, 1.54) is 37.1 Å². The van der Waals surface area contributed by atoms with Gasteiger partial charge in [0.25, 0.3) is 0 Å². The van der Waals surface area contributed by atoms with Gasteiger partial charge in [0.2, 0.25) is 0 Å². The molecule has 1 aromatic carbocycles. The molecule has 2 N–H and O–H groups in total. The van der Waals surface area contributed by atoms with Gasteiger partial charge >= 0.3 is 6.03 Å². The van der Waals surface area contributed by atoms with Crippen LogP contribution in [0.4, 0.5) is 4.79 Å². The number of piperidine rings is 1. The molecule has 5 nitrogen and oxygen atoms in total. The average molecular weight is 357 g/mol. The molecule has 0 spiro atoms. The highest BCUT2D eigenvalue weighted by molar-refractivity contribution is 5.74. The summed E-state index contributed by atoms with van der Waals surface area (Å²) in [5, 5.41) is 6.15. The Kier molecular flexibility index (Phi) is 5.46. The van der Waals surface area contributed by atoms with Crippen molar-refractivity contribution < 1.29 is 9.53 Å². The maximum atomic E-state index is 12.3. The van der Waals surface area contributed by atoms with Crippen LogP contribution in [0.1, 0.15) is 50.2 Å². The van der Waals surface area contributed by atoms with Crippen LogP contribution in [-0.2, 0) is 17.8 Å². The van der Waals surface area contributed by atoms with Crippen molar-refractivity contribution in [1.82, 2.24) is 15.5 Å². The summed E-state index contributed by atoms with van der Waals surface area (Å²) in [5.74, 6) is 0.849. The highest BCUT2D eigenvalue weighted by Gasteiger charge is 2.41. The highest BCUT2D eigenvalue weighted by atomic mass is 16.5. The van der Waals surface area contributed by atoms with Gasteiger partial charge in [-0.05, 0) is 62.2 Å². The first kappa shape index (κ1) is 17.8. The first-order chi connectivity index (χ1) is 12.7. The van der Waals surface area contributed by atoms with E-state index < -0.39 is 0 Å². The topological polar surface area (TPSA) is 53.6 Å². The van der Waals surface area contributed by atoms with Gasteiger partial charge in [-0.2, -0.15) is 0 Å². The number of nitrogens with one attached hydrogen (secondary N) is 2. The molecular weight excluding hydrogens is 326 g/mol. The quantitative estimate of drug-likeness (QED) is 0.852. The third-order valence-electron chi connectivity index (χ3n) is 6.25. The van der Waals surface area contributed by atoms with E-state index in [9.17, 15) is 4.79 Å². The zero-order valence-corrected chi connectivity index (χ0v) is 15.7. The van der Waals surface area contributed by atoms with Crippen molar-refractivity contribution in [3.05, 3.63) is 35.4 Å². The Morgan fingerprint density at radius 2 is 1.92 bits per heavy atom. The SMILES string of the molecule is CC1CCN(Cc2ccccc2CNC(=O)NC2CC3CCC2O3)CC1. The average Bonchev–Trinajstić information content (AvgIpc) is 3.26. The number of hydrogen-bond donors (Lipinski definition) is 2. The van der Waals surface area contributed by atoms with Crippen molar-refractivity contribution in [2.45, 2.75) is 70.4 Å². The summed E-state index contributed by atoms with van der Waals surface area (Å²) in [5.41, 5.74) is 2.54. The van der Waals surface area contributed by atoms with Crippen LogP contribution >= 0.6 is 0 Å². The molecule has 0 radical (unpaired) electrons. The minimum absolute atomic E-state index is 0.0762. The number of carbonyl (C=O) groups excluding carboxylic acids is 1. The number of carbonyl (C=O) groups is 1. The number of nitrogens with zero attached hydrogens (tertiary/aromatic N) is 1. The van der Waals surface area contributed by atoms with Gasteiger partial charge in [-0.15, -0.1) is 0 Å². The van der Waals surface area contributed by atoms with Gasteiger partial charge in [-0.3, -0.25) is 4.90 Å². The Balaban J connectivity index is 1.28. The Morgan fingerprint density at radius 1 is 1.15 bits per heavy atom. The van der Waals surface area contributed by atoms with Crippen molar-refractivity contribution in [3.8, 4) is 0 Å². The van der Waals surface area contributed by atoms with E-state index >= 15 is 0 Å². The molecule has 3 heterocycles. The van der Waals surface area contributed by atoms with Crippen LogP contribution in [0.3, 0.4) is 0 Å². The highest BCUT2D eigenvalue weighted by Crippen LogP contribution is 2.34. The standard InChI is InChI=1S/C21H31N3O2/c1-15-8-10-24(11-9-15)14-17-5-3-2-4-16(17)13-22-21(25)23-19-12-18-6-7-20(19)26-18/h2-5,15,18-20H,6-14H2,1H3,(H2,22,23,25). The Labute approximate surface area is 156 Å². The molecule has 2 amide bonds. The second-order valence-corrected chi connectivity index (χ2v) is 8.27. The van der Waals surface area contributed by atoms with Crippen molar-refractivity contribution in [3.63, 3.8) is 0 Å². The van der Waals surface area contributed by atoms with Crippen molar-refractivity contribution in [1.29, 1.82) is 0 Å². The van der Waals surface area contributed by atoms with Gasteiger partial charge in [0.1, 0.15) is 0 Å². The zero-order valence-electron chi connectivity index (χ0n) is 15.7. The number of ether oxygens (including phenoxy) is 1. The first-order valence-corrected chi connectivity index (χ1v) is 10.2. The molecule has 0 saturated carbocycles. The largest absolute Gasteiger partial charge is 0.373 e. The normalized spacial score (nSPS) is 29.0. The maximum Gasteiger partial charge on any atom is 0.315 e. The summed E-state index contributed by atoms with van der Waals surface area (Å²) in [6, 6.07) is 8.57. The fourth-order valence-electron chi connectivity index (χ4n) is 4.53. The predicted octanol–water partition coefficient (Wildman–Crippen LogP) is 3.04. The van der Waals surface area contributed by atoms with E-state index in [2.05, 4.69) is 46.7 Å². The lowest BCUT2D eigenvalue weighted by atomic mass is 9.96. The molecule has 26 heavy (non-hydrogen) atoms. The molecule has 3 atom stereocenters. The molecule has 3 aliphatic rings. The van der Waals surface area contributed by atoms with Crippen molar-refractivity contribution >= 4 is 6.03 Å². The van der Waals surface area contributed by atoms with Crippen LogP contribution in [0, 0.1) is 5.92 Å². The molecule has 3 aliphatic heterocycles. The molecule has 142 valence electrons. The van der Waals surface area contributed by atoms with Crippen LogP contribution in [-0.4, -0.2) is 42.3 Å². The Bertz CT molecular complexity index is 627. The zero-order chi connectivity index (χ0) is 17.9. The van der Waals surface area contributed by atoms with Crippen LogP contribution in [0.2, 0.25) is 0 Å². The van der Waals surface area contributed by atoms with Crippen molar-refractivity contribution in [2.75, 3.05) is 13.1 Å². The molecule has 3 fully saturated rings. The molecule has 3 saturated heterocycles. The number of hydrogen-bond acceptors (Lipinski definition) is 3. The number of fused-ring (bicyclic) bond motifs is 2. The summed E-state index contributed by atoms with van der Waals surface area (Å²) < 4.78 is 5.81. The Morgan fingerprint density at radius 3 is 2.62 bits per heavy atom. The first-order valence-electron chi connectivity index (χ1n) is 10.2. The summed E-state index contributed by atoms with van der Waals surface area (Å²) in [4.78, 5) is 14.8. The van der Waals surface area contributed by atoms with E-state index in [4.69, 9.17) is 4.74 Å². The smallest absolute Gasteiger partial charge is 0.315 e. The number of benzene rings is 1. The molecule has 5 heteroatoms. The van der Waals surface area contributed by atoms with Crippen LogP contribution < -0.4 is 10.6 Å². The monoisotopic (exact) mass is 357 g/mol. The van der Waals surface area contributed by atoms with Gasteiger partial charge in [0, 0.05) is 13.1 Å². The predicted molar refractivity (Wildman–Crippen MR) is 102 cm³/mol. The molecular formula is C21H31N3O2. The fourth-order valence-corrected chi connectivity index (χ4v) is 4.53. The lowest BCUT2D eigenvalue weighted by Crippen LogP contribution is -2.46. The maximum absolute atomic E-state index is 12.3. The summed E-state index contributed by atoms with van der Waals surface area (Å²) in [6.07, 6.45) is 6.34. The third kappa shape index (κ3) is 4.21. The minimum atomic E-state index is -0.0762.